The van der Waals surface area contributed by atoms with Gasteiger partial charge in [0, 0.05) is 26.2 Å². The Kier molecular flexibility index (Phi) is 4.35. The van der Waals surface area contributed by atoms with Crippen LogP contribution in [-0.4, -0.2) is 49.2 Å². The third-order valence-electron chi connectivity index (χ3n) is 2.39. The van der Waals surface area contributed by atoms with Crippen molar-refractivity contribution in [3.05, 3.63) is 0 Å². The van der Waals surface area contributed by atoms with Crippen molar-refractivity contribution < 1.29 is 9.53 Å². The number of carbonyl (C=O) groups is 1. The van der Waals surface area contributed by atoms with E-state index in [1.165, 1.54) is 0 Å². The fourth-order valence-electron chi connectivity index (χ4n) is 1.55. The summed E-state index contributed by atoms with van der Waals surface area (Å²) in [7, 11) is 0. The Morgan fingerprint density at radius 1 is 1.29 bits per heavy atom. The molecule has 4 heteroatoms. The Morgan fingerprint density at radius 3 is 2.36 bits per heavy atom. The van der Waals surface area contributed by atoms with E-state index in [1.807, 2.05) is 20.8 Å². The average Bonchev–Trinajstić information content (AvgIpc) is 2.17. The maximum Gasteiger partial charge on any atom is 0.323 e. The lowest BCUT2D eigenvalue weighted by Gasteiger charge is -2.31. The Hall–Kier alpha value is -0.610. The highest BCUT2D eigenvalue weighted by molar-refractivity contribution is 5.75. The second-order valence-electron chi connectivity index (χ2n) is 3.95. The van der Waals surface area contributed by atoms with E-state index in [9.17, 15) is 4.79 Å². The van der Waals surface area contributed by atoms with Gasteiger partial charge in [0.05, 0.1) is 6.10 Å². The van der Waals surface area contributed by atoms with Crippen LogP contribution in [0.25, 0.3) is 0 Å². The van der Waals surface area contributed by atoms with E-state index in [-0.39, 0.29) is 18.1 Å². The summed E-state index contributed by atoms with van der Waals surface area (Å²) in [6.07, 6.45) is -0.0205. The molecule has 1 aliphatic heterocycles. The number of hydrogen-bond acceptors (Lipinski definition) is 4. The van der Waals surface area contributed by atoms with Gasteiger partial charge >= 0.3 is 5.97 Å². The Bertz CT molecular complexity index is 189. The monoisotopic (exact) mass is 200 g/mol. The summed E-state index contributed by atoms with van der Waals surface area (Å²) in [4.78, 5) is 13.7. The first-order valence-corrected chi connectivity index (χ1v) is 5.26. The number of rotatable bonds is 3. The van der Waals surface area contributed by atoms with Crippen LogP contribution < -0.4 is 5.32 Å². The molecule has 1 fully saturated rings. The molecule has 0 aromatic rings. The lowest BCUT2D eigenvalue weighted by atomic mass is 10.2. The molecule has 0 radical (unpaired) electrons. The van der Waals surface area contributed by atoms with Gasteiger partial charge in [-0.3, -0.25) is 9.69 Å². The van der Waals surface area contributed by atoms with E-state index in [2.05, 4.69) is 10.2 Å². The van der Waals surface area contributed by atoms with Crippen molar-refractivity contribution in [2.75, 3.05) is 26.2 Å². The molecule has 1 heterocycles. The molecule has 82 valence electrons. The molecular weight excluding hydrogens is 180 g/mol. The minimum Gasteiger partial charge on any atom is -0.462 e. The molecule has 0 bridgehead atoms. The van der Waals surface area contributed by atoms with Crippen LogP contribution in [0.2, 0.25) is 0 Å². The van der Waals surface area contributed by atoms with Gasteiger partial charge in [-0.15, -0.1) is 0 Å². The standard InChI is InChI=1S/C10H20N2O2/c1-8(2)14-10(13)9(3)12-6-4-11-5-7-12/h8-9,11H,4-7H2,1-3H3/t9-/m0/s1. The van der Waals surface area contributed by atoms with E-state index in [0.29, 0.717) is 0 Å². The van der Waals surface area contributed by atoms with Crippen molar-refractivity contribution in [2.24, 2.45) is 0 Å². The van der Waals surface area contributed by atoms with Gasteiger partial charge in [-0.2, -0.15) is 0 Å². The van der Waals surface area contributed by atoms with Crippen LogP contribution in [0, 0.1) is 0 Å². The first kappa shape index (κ1) is 11.5. The van der Waals surface area contributed by atoms with Gasteiger partial charge in [0.1, 0.15) is 6.04 Å². The van der Waals surface area contributed by atoms with Crippen LogP contribution in [0.15, 0.2) is 0 Å². The van der Waals surface area contributed by atoms with Gasteiger partial charge in [0.15, 0.2) is 0 Å². The van der Waals surface area contributed by atoms with Crippen LogP contribution in [-0.2, 0) is 9.53 Å². The summed E-state index contributed by atoms with van der Waals surface area (Å²) in [6.45, 7) is 9.43. The average molecular weight is 200 g/mol. The summed E-state index contributed by atoms with van der Waals surface area (Å²) in [5.74, 6) is -0.109. The topological polar surface area (TPSA) is 41.6 Å². The van der Waals surface area contributed by atoms with Gasteiger partial charge in [0.25, 0.3) is 0 Å². The quantitative estimate of drug-likeness (QED) is 0.662. The normalized spacial score (nSPS) is 20.9. The number of hydrogen-bond donors (Lipinski definition) is 1. The summed E-state index contributed by atoms with van der Waals surface area (Å²) in [6, 6.07) is -0.112. The number of esters is 1. The van der Waals surface area contributed by atoms with Crippen molar-refractivity contribution in [1.82, 2.24) is 10.2 Å². The number of ether oxygens (including phenoxy) is 1. The summed E-state index contributed by atoms with van der Waals surface area (Å²) >= 11 is 0. The molecule has 4 nitrogen and oxygen atoms in total. The zero-order chi connectivity index (χ0) is 10.6. The van der Waals surface area contributed by atoms with Crippen molar-refractivity contribution >= 4 is 5.97 Å². The maximum atomic E-state index is 11.6. The predicted octanol–water partition coefficient (Wildman–Crippen LogP) is 0.232. The largest absolute Gasteiger partial charge is 0.462 e. The van der Waals surface area contributed by atoms with Crippen molar-refractivity contribution in [2.45, 2.75) is 32.9 Å². The van der Waals surface area contributed by atoms with E-state index in [1.54, 1.807) is 0 Å². The summed E-state index contributed by atoms with van der Waals surface area (Å²) in [5.41, 5.74) is 0. The molecule has 0 amide bonds. The van der Waals surface area contributed by atoms with Gasteiger partial charge < -0.3 is 10.1 Å². The second-order valence-corrected chi connectivity index (χ2v) is 3.95. The lowest BCUT2D eigenvalue weighted by molar-refractivity contribution is -0.153. The van der Waals surface area contributed by atoms with Crippen molar-refractivity contribution in [3.8, 4) is 0 Å². The summed E-state index contributed by atoms with van der Waals surface area (Å²) < 4.78 is 5.16. The highest BCUT2D eigenvalue weighted by Gasteiger charge is 2.24. The SMILES string of the molecule is CC(C)OC(=O)[C@H](C)N1CCNCC1. The first-order chi connectivity index (χ1) is 6.61. The van der Waals surface area contributed by atoms with Crippen molar-refractivity contribution in [1.29, 1.82) is 0 Å². The number of carbonyl (C=O) groups excluding carboxylic acids is 1. The highest BCUT2D eigenvalue weighted by Crippen LogP contribution is 2.04. The predicted molar refractivity (Wildman–Crippen MR) is 55.1 cm³/mol. The molecule has 0 saturated carbocycles. The smallest absolute Gasteiger partial charge is 0.323 e. The van der Waals surface area contributed by atoms with Gasteiger partial charge in [0.2, 0.25) is 0 Å². The van der Waals surface area contributed by atoms with E-state index in [4.69, 9.17) is 4.74 Å². The second kappa shape index (κ2) is 5.32. The molecule has 0 aliphatic carbocycles. The maximum absolute atomic E-state index is 11.6. The van der Waals surface area contributed by atoms with Crippen LogP contribution in [0.5, 0.6) is 0 Å². The third-order valence-corrected chi connectivity index (χ3v) is 2.39. The molecule has 1 rings (SSSR count). The fourth-order valence-corrected chi connectivity index (χ4v) is 1.55. The zero-order valence-corrected chi connectivity index (χ0v) is 9.25. The molecule has 1 N–H and O–H groups in total. The number of nitrogens with zero attached hydrogens (tertiary/aromatic N) is 1. The molecule has 0 spiro atoms. The molecule has 1 atom stereocenters. The molecule has 14 heavy (non-hydrogen) atoms. The van der Waals surface area contributed by atoms with Crippen LogP contribution in [0.3, 0.4) is 0 Å². The van der Waals surface area contributed by atoms with E-state index >= 15 is 0 Å². The minimum atomic E-state index is -0.112. The van der Waals surface area contributed by atoms with Crippen LogP contribution >= 0.6 is 0 Å². The molecular formula is C10H20N2O2. The molecule has 0 aromatic heterocycles. The molecule has 0 aromatic carbocycles. The third kappa shape index (κ3) is 3.27. The van der Waals surface area contributed by atoms with Crippen LogP contribution in [0.4, 0.5) is 0 Å². The van der Waals surface area contributed by atoms with Gasteiger partial charge in [-0.25, -0.2) is 0 Å². The van der Waals surface area contributed by atoms with Gasteiger partial charge in [-0.1, -0.05) is 0 Å². The highest BCUT2D eigenvalue weighted by atomic mass is 16.5. The zero-order valence-electron chi connectivity index (χ0n) is 9.25. The fraction of sp³-hybridized carbons (Fsp3) is 0.900. The number of piperazine rings is 1. The Balaban J connectivity index is 2.38. The van der Waals surface area contributed by atoms with Crippen LogP contribution in [0.1, 0.15) is 20.8 Å². The van der Waals surface area contributed by atoms with Gasteiger partial charge in [-0.05, 0) is 20.8 Å². The molecule has 0 unspecified atom stereocenters. The van der Waals surface area contributed by atoms with E-state index < -0.39 is 0 Å². The number of nitrogens with one attached hydrogen (secondary N) is 1. The molecule has 1 aliphatic rings. The molecule has 1 saturated heterocycles. The lowest BCUT2D eigenvalue weighted by Crippen LogP contribution is -2.50. The Labute approximate surface area is 85.6 Å². The minimum absolute atomic E-state index is 0.0205. The first-order valence-electron chi connectivity index (χ1n) is 5.26. The van der Waals surface area contributed by atoms with E-state index in [0.717, 1.165) is 26.2 Å². The van der Waals surface area contributed by atoms with Crippen molar-refractivity contribution in [3.63, 3.8) is 0 Å². The summed E-state index contributed by atoms with van der Waals surface area (Å²) in [5, 5.41) is 3.26. The Morgan fingerprint density at radius 2 is 1.86 bits per heavy atom.